The lowest BCUT2D eigenvalue weighted by atomic mass is 10.7. The number of nitrogens with zero attached hydrogens (tertiary/aromatic N) is 1. The molecule has 1 heterocycles. The first-order valence-electron chi connectivity index (χ1n) is 2.07. The molecule has 1 aromatic rings. The average molecular weight is 131 g/mol. The van der Waals surface area contributed by atoms with Crippen LogP contribution in [0.3, 0.4) is 0 Å². The van der Waals surface area contributed by atoms with Crippen LogP contribution in [0.1, 0.15) is 5.01 Å². The molecule has 0 saturated heterocycles. The highest BCUT2D eigenvalue weighted by Crippen LogP contribution is 2.13. The molecule has 0 radical (unpaired) electrons. The third-order valence-corrected chi connectivity index (χ3v) is 1.50. The highest BCUT2D eigenvalue weighted by molar-refractivity contribution is 7.09. The Morgan fingerprint density at radius 3 is 2.75 bits per heavy atom. The summed E-state index contributed by atoms with van der Waals surface area (Å²) in [4.78, 5) is 3.55. The molecule has 0 amide bonds. The molecule has 0 unspecified atom stereocenters. The predicted octanol–water partition coefficient (Wildman–Crippen LogP) is 0.341. The van der Waals surface area contributed by atoms with Crippen molar-refractivity contribution in [3.05, 3.63) is 10.4 Å². The van der Waals surface area contributed by atoms with Gasteiger partial charge in [0.25, 0.3) is 0 Å². The Morgan fingerprint density at radius 2 is 2.50 bits per heavy atom. The molecule has 0 aromatic carbocycles. The van der Waals surface area contributed by atoms with Crippen molar-refractivity contribution in [3.8, 4) is 5.88 Å². The van der Waals surface area contributed by atoms with Gasteiger partial charge in [0.2, 0.25) is 5.88 Å². The monoisotopic (exact) mass is 131 g/mol. The summed E-state index contributed by atoms with van der Waals surface area (Å²) in [5.74, 6) is -0.0148. The van der Waals surface area contributed by atoms with E-state index in [-0.39, 0.29) is 12.5 Å². The number of hydrogen-bond acceptors (Lipinski definition) is 4. The molecular weight excluding hydrogens is 126 g/mol. The minimum Gasteiger partial charge on any atom is -0.493 e. The number of aromatic nitrogens is 1. The second-order valence-corrected chi connectivity index (χ2v) is 2.20. The van der Waals surface area contributed by atoms with Gasteiger partial charge in [-0.05, 0) is 0 Å². The van der Waals surface area contributed by atoms with Crippen LogP contribution in [0.4, 0.5) is 0 Å². The Hall–Kier alpha value is -0.610. The summed E-state index contributed by atoms with van der Waals surface area (Å²) in [6, 6.07) is 0. The van der Waals surface area contributed by atoms with E-state index in [4.69, 9.17) is 10.2 Å². The lowest BCUT2D eigenvalue weighted by molar-refractivity contribution is 0.280. The summed E-state index contributed by atoms with van der Waals surface area (Å²) in [6.07, 6.45) is 0. The predicted molar refractivity (Wildman–Crippen MR) is 29.7 cm³/mol. The molecule has 3 nitrogen and oxygen atoms in total. The van der Waals surface area contributed by atoms with Crippen molar-refractivity contribution in [2.24, 2.45) is 0 Å². The van der Waals surface area contributed by atoms with E-state index >= 15 is 0 Å². The van der Waals surface area contributed by atoms with Gasteiger partial charge >= 0.3 is 0 Å². The van der Waals surface area contributed by atoms with Crippen LogP contribution >= 0.6 is 11.3 Å². The molecule has 0 bridgehead atoms. The molecule has 1 aromatic heterocycles. The van der Waals surface area contributed by atoms with Gasteiger partial charge in [-0.25, -0.2) is 4.98 Å². The van der Waals surface area contributed by atoms with Gasteiger partial charge in [0.05, 0.1) is 12.0 Å². The van der Waals surface area contributed by atoms with Crippen LogP contribution in [0.5, 0.6) is 5.88 Å². The standard InChI is InChI=1S/C4H5NO2S/c6-1-4-5-3(7)2-8-4/h2,6-7H,1H2. The molecule has 0 saturated carbocycles. The Labute approximate surface area is 50.2 Å². The van der Waals surface area contributed by atoms with Crippen molar-refractivity contribution in [3.63, 3.8) is 0 Å². The first kappa shape index (κ1) is 5.53. The molecular formula is C4H5NO2S. The number of hydrogen-bond donors (Lipinski definition) is 2. The number of aliphatic hydroxyl groups excluding tert-OH is 1. The summed E-state index contributed by atoms with van der Waals surface area (Å²) in [5.41, 5.74) is 0. The Balaban J connectivity index is 2.84. The smallest absolute Gasteiger partial charge is 0.222 e. The van der Waals surface area contributed by atoms with E-state index in [1.54, 1.807) is 0 Å². The molecule has 0 atom stereocenters. The summed E-state index contributed by atoms with van der Waals surface area (Å²) in [5, 5.41) is 19.0. The second kappa shape index (κ2) is 2.11. The maximum Gasteiger partial charge on any atom is 0.222 e. The van der Waals surface area contributed by atoms with Gasteiger partial charge in [-0.3, -0.25) is 0 Å². The molecule has 0 aliphatic rings. The van der Waals surface area contributed by atoms with Crippen molar-refractivity contribution in [1.82, 2.24) is 4.98 Å². The third-order valence-electron chi connectivity index (χ3n) is 0.675. The van der Waals surface area contributed by atoms with Gasteiger partial charge in [0, 0.05) is 0 Å². The van der Waals surface area contributed by atoms with Crippen molar-refractivity contribution in [1.29, 1.82) is 0 Å². The molecule has 8 heavy (non-hydrogen) atoms. The van der Waals surface area contributed by atoms with E-state index in [1.807, 2.05) is 0 Å². The Bertz CT molecular complexity index is 174. The number of thiazole rings is 1. The highest BCUT2D eigenvalue weighted by Gasteiger charge is 1.94. The fourth-order valence-electron chi connectivity index (χ4n) is 0.374. The first-order chi connectivity index (χ1) is 3.83. The van der Waals surface area contributed by atoms with E-state index < -0.39 is 0 Å². The van der Waals surface area contributed by atoms with Gasteiger partial charge in [-0.15, -0.1) is 11.3 Å². The zero-order valence-electron chi connectivity index (χ0n) is 4.03. The second-order valence-electron chi connectivity index (χ2n) is 1.26. The van der Waals surface area contributed by atoms with E-state index in [1.165, 1.54) is 16.7 Å². The molecule has 0 spiro atoms. The van der Waals surface area contributed by atoms with E-state index in [0.717, 1.165) is 0 Å². The van der Waals surface area contributed by atoms with Crippen molar-refractivity contribution < 1.29 is 10.2 Å². The molecule has 2 N–H and O–H groups in total. The van der Waals surface area contributed by atoms with Crippen molar-refractivity contribution in [2.75, 3.05) is 0 Å². The van der Waals surface area contributed by atoms with Crippen LogP contribution in [-0.2, 0) is 6.61 Å². The van der Waals surface area contributed by atoms with Crippen LogP contribution in [0.15, 0.2) is 5.38 Å². The van der Waals surface area contributed by atoms with E-state index in [9.17, 15) is 0 Å². The first-order valence-corrected chi connectivity index (χ1v) is 2.95. The van der Waals surface area contributed by atoms with Gasteiger partial charge in [0.1, 0.15) is 5.01 Å². The minimum absolute atomic E-state index is 0.0148. The van der Waals surface area contributed by atoms with Crippen molar-refractivity contribution in [2.45, 2.75) is 6.61 Å². The maximum absolute atomic E-state index is 8.57. The highest BCUT2D eigenvalue weighted by atomic mass is 32.1. The summed E-state index contributed by atoms with van der Waals surface area (Å²) >= 11 is 1.24. The minimum atomic E-state index is -0.0920. The normalized spacial score (nSPS) is 9.62. The van der Waals surface area contributed by atoms with Gasteiger partial charge in [0.15, 0.2) is 0 Å². The van der Waals surface area contributed by atoms with Crippen LogP contribution in [-0.4, -0.2) is 15.2 Å². The van der Waals surface area contributed by atoms with Gasteiger partial charge in [-0.2, -0.15) is 0 Å². The molecule has 0 aliphatic carbocycles. The van der Waals surface area contributed by atoms with Crippen LogP contribution in [0.2, 0.25) is 0 Å². The molecule has 44 valence electrons. The summed E-state index contributed by atoms with van der Waals surface area (Å²) < 4.78 is 0. The third kappa shape index (κ3) is 0.962. The summed E-state index contributed by atoms with van der Waals surface area (Å²) in [6.45, 7) is -0.0920. The largest absolute Gasteiger partial charge is 0.493 e. The zero-order valence-corrected chi connectivity index (χ0v) is 4.85. The van der Waals surface area contributed by atoms with Gasteiger partial charge < -0.3 is 10.2 Å². The Kier molecular flexibility index (Phi) is 1.45. The van der Waals surface area contributed by atoms with E-state index in [0.29, 0.717) is 5.01 Å². The zero-order chi connectivity index (χ0) is 5.98. The average Bonchev–Trinajstić information content (AvgIpc) is 2.14. The lowest BCUT2D eigenvalue weighted by Gasteiger charge is -1.78. The molecule has 1 rings (SSSR count). The fraction of sp³-hybridized carbons (Fsp3) is 0.250. The fourth-order valence-corrected chi connectivity index (χ4v) is 0.889. The number of aliphatic hydroxyl groups is 1. The van der Waals surface area contributed by atoms with Gasteiger partial charge in [-0.1, -0.05) is 0 Å². The molecule has 4 heteroatoms. The number of aromatic hydroxyl groups is 1. The van der Waals surface area contributed by atoms with Crippen molar-refractivity contribution >= 4 is 11.3 Å². The van der Waals surface area contributed by atoms with Crippen LogP contribution in [0.25, 0.3) is 0 Å². The SMILES string of the molecule is OCc1nc(O)cs1. The maximum atomic E-state index is 8.57. The Morgan fingerprint density at radius 1 is 1.75 bits per heavy atom. The van der Waals surface area contributed by atoms with Crippen LogP contribution in [0, 0.1) is 0 Å². The van der Waals surface area contributed by atoms with Crippen LogP contribution < -0.4 is 0 Å². The summed E-state index contributed by atoms with van der Waals surface area (Å²) in [7, 11) is 0. The quantitative estimate of drug-likeness (QED) is 0.578. The molecule has 0 fully saturated rings. The molecule has 0 aliphatic heterocycles. The van der Waals surface area contributed by atoms with E-state index in [2.05, 4.69) is 4.98 Å². The lowest BCUT2D eigenvalue weighted by Crippen LogP contribution is -1.76. The number of rotatable bonds is 1. The topological polar surface area (TPSA) is 53.4 Å².